The largest absolute Gasteiger partial charge is 0.347 e. The quantitative estimate of drug-likeness (QED) is 0.823. The number of aryl methyl sites for hydroxylation is 2. The van der Waals surface area contributed by atoms with E-state index in [0.717, 1.165) is 12.1 Å². The highest BCUT2D eigenvalue weighted by molar-refractivity contribution is 5.99. The molecule has 7 heteroatoms. The predicted molar refractivity (Wildman–Crippen MR) is 84.0 cm³/mol. The molecular weight excluding hydrogens is 294 g/mol. The third-order valence-electron chi connectivity index (χ3n) is 4.89. The van der Waals surface area contributed by atoms with Gasteiger partial charge in [-0.3, -0.25) is 14.3 Å². The van der Waals surface area contributed by atoms with Crippen molar-refractivity contribution in [3.05, 3.63) is 36.4 Å². The highest BCUT2D eigenvalue weighted by Gasteiger charge is 2.49. The van der Waals surface area contributed by atoms with Crippen LogP contribution in [0.3, 0.4) is 0 Å². The SMILES string of the molecule is Cn1cc(N2C(=O)C[C@H]3[C@H]2CCN3C(=O)c2cccn2C)cn1. The minimum atomic E-state index is -0.0508. The van der Waals surface area contributed by atoms with Crippen LogP contribution in [-0.2, 0) is 18.9 Å². The van der Waals surface area contributed by atoms with E-state index >= 15 is 0 Å². The van der Waals surface area contributed by atoms with Gasteiger partial charge in [0.25, 0.3) is 5.91 Å². The Labute approximate surface area is 134 Å². The van der Waals surface area contributed by atoms with Crippen LogP contribution < -0.4 is 4.90 Å². The van der Waals surface area contributed by atoms with Crippen LogP contribution in [0.1, 0.15) is 23.3 Å². The van der Waals surface area contributed by atoms with Gasteiger partial charge in [-0.15, -0.1) is 0 Å². The predicted octanol–water partition coefficient (Wildman–Crippen LogP) is 0.779. The lowest BCUT2D eigenvalue weighted by Gasteiger charge is -2.24. The van der Waals surface area contributed by atoms with Crippen LogP contribution in [0.5, 0.6) is 0 Å². The van der Waals surface area contributed by atoms with Gasteiger partial charge in [0.05, 0.1) is 24.0 Å². The molecule has 0 spiro atoms. The lowest BCUT2D eigenvalue weighted by atomic mass is 10.1. The minimum absolute atomic E-state index is 0.00540. The molecule has 0 saturated carbocycles. The number of carbonyl (C=O) groups is 2. The molecule has 0 aromatic carbocycles. The lowest BCUT2D eigenvalue weighted by Crippen LogP contribution is -2.40. The van der Waals surface area contributed by atoms with Crippen molar-refractivity contribution in [3.8, 4) is 0 Å². The van der Waals surface area contributed by atoms with Crippen LogP contribution in [0.4, 0.5) is 5.69 Å². The highest BCUT2D eigenvalue weighted by atomic mass is 16.2. The molecule has 2 atom stereocenters. The second-order valence-electron chi connectivity index (χ2n) is 6.27. The lowest BCUT2D eigenvalue weighted by molar-refractivity contribution is -0.117. The maximum atomic E-state index is 12.8. The Kier molecular flexibility index (Phi) is 3.04. The third-order valence-corrected chi connectivity index (χ3v) is 4.89. The number of amides is 2. The molecule has 2 fully saturated rings. The fourth-order valence-electron chi connectivity index (χ4n) is 3.80. The maximum absolute atomic E-state index is 12.8. The fourth-order valence-corrected chi connectivity index (χ4v) is 3.80. The van der Waals surface area contributed by atoms with Crippen LogP contribution in [0.2, 0.25) is 0 Å². The van der Waals surface area contributed by atoms with Crippen molar-refractivity contribution in [1.29, 1.82) is 0 Å². The number of rotatable bonds is 2. The van der Waals surface area contributed by atoms with Crippen molar-refractivity contribution in [2.45, 2.75) is 24.9 Å². The standard InChI is InChI=1S/C16H19N5O2/c1-18-6-3-4-13(18)16(23)20-7-5-12-14(20)8-15(22)21(12)11-9-17-19(2)10-11/h3-4,6,9-10,12,14H,5,7-8H2,1-2H3/t12-,14+/m1/s1. The number of anilines is 1. The second-order valence-corrected chi connectivity index (χ2v) is 6.27. The molecule has 2 aromatic heterocycles. The molecule has 4 rings (SSSR count). The molecule has 2 aromatic rings. The smallest absolute Gasteiger partial charge is 0.270 e. The number of hydrogen-bond donors (Lipinski definition) is 0. The van der Waals surface area contributed by atoms with Gasteiger partial charge in [-0.05, 0) is 18.6 Å². The highest BCUT2D eigenvalue weighted by Crippen LogP contribution is 2.36. The average Bonchev–Trinajstić information content (AvgIpc) is 3.24. The summed E-state index contributed by atoms with van der Waals surface area (Å²) >= 11 is 0. The van der Waals surface area contributed by atoms with Gasteiger partial charge in [0.2, 0.25) is 5.91 Å². The molecule has 0 unspecified atom stereocenters. The van der Waals surface area contributed by atoms with Crippen LogP contribution in [-0.4, -0.2) is 49.7 Å². The first kappa shape index (κ1) is 14.0. The van der Waals surface area contributed by atoms with Gasteiger partial charge < -0.3 is 14.4 Å². The van der Waals surface area contributed by atoms with Crippen molar-refractivity contribution in [2.75, 3.05) is 11.4 Å². The topological polar surface area (TPSA) is 63.4 Å². The van der Waals surface area contributed by atoms with E-state index in [1.807, 2.05) is 53.0 Å². The van der Waals surface area contributed by atoms with E-state index in [0.29, 0.717) is 18.7 Å². The Bertz CT molecular complexity index is 777. The summed E-state index contributed by atoms with van der Waals surface area (Å²) in [5, 5.41) is 4.16. The zero-order valence-electron chi connectivity index (χ0n) is 13.2. The molecule has 2 saturated heterocycles. The summed E-state index contributed by atoms with van der Waals surface area (Å²) in [5.41, 5.74) is 1.48. The van der Waals surface area contributed by atoms with E-state index in [1.165, 1.54) is 0 Å². The number of aromatic nitrogens is 3. The van der Waals surface area contributed by atoms with E-state index in [9.17, 15) is 9.59 Å². The summed E-state index contributed by atoms with van der Waals surface area (Å²) in [7, 11) is 3.70. The van der Waals surface area contributed by atoms with E-state index in [-0.39, 0.29) is 23.9 Å². The van der Waals surface area contributed by atoms with Crippen molar-refractivity contribution < 1.29 is 9.59 Å². The van der Waals surface area contributed by atoms with Gasteiger partial charge >= 0.3 is 0 Å². The summed E-state index contributed by atoms with van der Waals surface area (Å²) in [6, 6.07) is 3.69. The molecule has 0 radical (unpaired) electrons. The van der Waals surface area contributed by atoms with Crippen LogP contribution in [0.15, 0.2) is 30.7 Å². The first-order chi connectivity index (χ1) is 11.1. The molecule has 7 nitrogen and oxygen atoms in total. The zero-order chi connectivity index (χ0) is 16.1. The Balaban J connectivity index is 1.61. The van der Waals surface area contributed by atoms with Gasteiger partial charge in [0.15, 0.2) is 0 Å². The number of carbonyl (C=O) groups excluding carboxylic acids is 2. The maximum Gasteiger partial charge on any atom is 0.270 e. The summed E-state index contributed by atoms with van der Waals surface area (Å²) in [5.74, 6) is 0.0724. The Hall–Kier alpha value is -2.57. The fraction of sp³-hybridized carbons (Fsp3) is 0.438. The molecule has 0 aliphatic carbocycles. The zero-order valence-corrected chi connectivity index (χ0v) is 13.2. The van der Waals surface area contributed by atoms with Crippen LogP contribution >= 0.6 is 0 Å². The first-order valence-corrected chi connectivity index (χ1v) is 7.79. The molecule has 2 amide bonds. The first-order valence-electron chi connectivity index (χ1n) is 7.79. The summed E-state index contributed by atoms with van der Waals surface area (Å²) in [4.78, 5) is 28.9. The van der Waals surface area contributed by atoms with Gasteiger partial charge in [-0.2, -0.15) is 5.10 Å². The van der Waals surface area contributed by atoms with E-state index in [2.05, 4.69) is 5.10 Å². The van der Waals surface area contributed by atoms with Crippen molar-refractivity contribution in [3.63, 3.8) is 0 Å². The normalized spacial score (nSPS) is 23.7. The van der Waals surface area contributed by atoms with Gasteiger partial charge in [0, 0.05) is 39.5 Å². The number of nitrogens with zero attached hydrogens (tertiary/aromatic N) is 5. The Morgan fingerprint density at radius 3 is 2.78 bits per heavy atom. The number of fused-ring (bicyclic) bond motifs is 1. The summed E-state index contributed by atoms with van der Waals surface area (Å²) in [6.45, 7) is 0.684. The molecule has 23 heavy (non-hydrogen) atoms. The molecule has 0 N–H and O–H groups in total. The molecular formula is C16H19N5O2. The summed E-state index contributed by atoms with van der Waals surface area (Å²) in [6.07, 6.45) is 6.61. The Morgan fingerprint density at radius 1 is 1.30 bits per heavy atom. The van der Waals surface area contributed by atoms with E-state index in [4.69, 9.17) is 0 Å². The Morgan fingerprint density at radius 2 is 2.13 bits per heavy atom. The number of hydrogen-bond acceptors (Lipinski definition) is 3. The van der Waals surface area contributed by atoms with Crippen molar-refractivity contribution in [2.24, 2.45) is 14.1 Å². The molecule has 0 bridgehead atoms. The summed E-state index contributed by atoms with van der Waals surface area (Å²) < 4.78 is 3.52. The van der Waals surface area contributed by atoms with Crippen LogP contribution in [0.25, 0.3) is 0 Å². The molecule has 2 aliphatic heterocycles. The van der Waals surface area contributed by atoms with Gasteiger partial charge in [-0.25, -0.2) is 0 Å². The number of likely N-dealkylation sites (tertiary alicyclic amines) is 1. The molecule has 120 valence electrons. The molecule has 4 heterocycles. The van der Waals surface area contributed by atoms with Crippen molar-refractivity contribution >= 4 is 17.5 Å². The second kappa shape index (κ2) is 4.97. The van der Waals surface area contributed by atoms with E-state index in [1.54, 1.807) is 10.9 Å². The third kappa shape index (κ3) is 2.07. The van der Waals surface area contributed by atoms with Gasteiger partial charge in [0.1, 0.15) is 5.69 Å². The van der Waals surface area contributed by atoms with E-state index < -0.39 is 0 Å². The van der Waals surface area contributed by atoms with Crippen LogP contribution in [0, 0.1) is 0 Å². The van der Waals surface area contributed by atoms with Gasteiger partial charge in [-0.1, -0.05) is 0 Å². The monoisotopic (exact) mass is 313 g/mol. The minimum Gasteiger partial charge on any atom is -0.347 e. The molecule has 2 aliphatic rings. The van der Waals surface area contributed by atoms with Crippen molar-refractivity contribution in [1.82, 2.24) is 19.2 Å². The average molecular weight is 313 g/mol.